The van der Waals surface area contributed by atoms with Crippen LogP contribution < -0.4 is 11.5 Å². The van der Waals surface area contributed by atoms with Crippen LogP contribution in [0.4, 0.5) is 0 Å². The van der Waals surface area contributed by atoms with Crippen molar-refractivity contribution in [2.75, 3.05) is 0 Å². The van der Waals surface area contributed by atoms with E-state index >= 15 is 0 Å². The van der Waals surface area contributed by atoms with Crippen LogP contribution in [0.1, 0.15) is 0 Å². The fourth-order valence-corrected chi connectivity index (χ4v) is 0.974. The molecule has 0 unspecified atom stereocenters. The van der Waals surface area contributed by atoms with E-state index in [4.69, 9.17) is 16.0 Å². The van der Waals surface area contributed by atoms with Crippen LogP contribution in [0.2, 0.25) is 0 Å². The van der Waals surface area contributed by atoms with E-state index in [2.05, 4.69) is 0 Å². The second-order valence-corrected chi connectivity index (χ2v) is 3.21. The van der Waals surface area contributed by atoms with Gasteiger partial charge in [0.15, 0.2) is 0 Å². The number of allylic oxidation sites excluding steroid dienone is 3. The van der Waals surface area contributed by atoms with E-state index in [-0.39, 0.29) is 4.91 Å². The molecule has 0 atom stereocenters. The minimum Gasteiger partial charge on any atom is -0.405 e. The highest BCUT2D eigenvalue weighted by molar-refractivity contribution is 7.90. The van der Waals surface area contributed by atoms with Crippen LogP contribution in [0.25, 0.3) is 0 Å². The van der Waals surface area contributed by atoms with Crippen LogP contribution in [0, 0.1) is 0 Å². The van der Waals surface area contributed by atoms with Crippen molar-refractivity contribution in [2.24, 2.45) is 11.5 Å². The summed E-state index contributed by atoms with van der Waals surface area (Å²) in [6.07, 6.45) is 5.58. The lowest BCUT2D eigenvalue weighted by molar-refractivity contribution is 0.492. The third-order valence-electron chi connectivity index (χ3n) is 0.930. The van der Waals surface area contributed by atoms with Crippen molar-refractivity contribution in [2.45, 2.75) is 0 Å². The molecule has 6 heteroatoms. The summed E-state index contributed by atoms with van der Waals surface area (Å²) < 4.78 is 29.6. The number of nitrogens with two attached hydrogens (primary N) is 2. The zero-order chi connectivity index (χ0) is 9.61. The number of rotatable bonds is 3. The van der Waals surface area contributed by atoms with Gasteiger partial charge in [0.2, 0.25) is 0 Å². The molecule has 0 aliphatic rings. The minimum atomic E-state index is -4.21. The van der Waals surface area contributed by atoms with Gasteiger partial charge in [-0.2, -0.15) is 8.42 Å². The Balaban J connectivity index is 4.93. The molecule has 0 heterocycles. The van der Waals surface area contributed by atoms with Crippen LogP contribution >= 0.6 is 0 Å². The first-order valence-corrected chi connectivity index (χ1v) is 4.40. The van der Waals surface area contributed by atoms with E-state index in [1.807, 2.05) is 0 Å². The van der Waals surface area contributed by atoms with Gasteiger partial charge in [0, 0.05) is 0 Å². The Hall–Kier alpha value is -1.27. The van der Waals surface area contributed by atoms with Crippen molar-refractivity contribution in [3.05, 3.63) is 35.5 Å². The van der Waals surface area contributed by atoms with Gasteiger partial charge in [0.05, 0.1) is 4.91 Å². The first-order chi connectivity index (χ1) is 5.52. The van der Waals surface area contributed by atoms with Crippen molar-refractivity contribution >= 4 is 10.1 Å². The zero-order valence-electron chi connectivity index (χ0n) is 6.21. The average molecular weight is 190 g/mol. The summed E-state index contributed by atoms with van der Waals surface area (Å²) in [5.74, 6) is 0. The predicted molar refractivity (Wildman–Crippen MR) is 46.3 cm³/mol. The molecule has 5 N–H and O–H groups in total. The second-order valence-electron chi connectivity index (χ2n) is 1.79. The highest BCUT2D eigenvalue weighted by Gasteiger charge is 2.08. The molecule has 0 radical (unpaired) electrons. The molecule has 0 spiro atoms. The topological polar surface area (TPSA) is 106 Å². The Labute approximate surface area is 70.8 Å². The molecule has 0 aliphatic heterocycles. The molecular formula is C6H10N2O3S. The maximum atomic E-state index is 10.5. The molecule has 0 rings (SSSR count). The molecule has 0 aromatic rings. The Morgan fingerprint density at radius 3 is 2.17 bits per heavy atom. The maximum absolute atomic E-state index is 10.5. The number of hydrogen-bond donors (Lipinski definition) is 3. The third-order valence-corrected chi connectivity index (χ3v) is 1.80. The Kier molecular flexibility index (Phi) is 4.09. The molecule has 0 aromatic heterocycles. The summed E-state index contributed by atoms with van der Waals surface area (Å²) in [7, 11) is -4.21. The van der Waals surface area contributed by atoms with Crippen LogP contribution in [-0.4, -0.2) is 13.0 Å². The zero-order valence-corrected chi connectivity index (χ0v) is 7.03. The first kappa shape index (κ1) is 10.7. The molecular weight excluding hydrogens is 180 g/mol. The van der Waals surface area contributed by atoms with E-state index in [0.717, 1.165) is 24.6 Å². The lowest BCUT2D eigenvalue weighted by Crippen LogP contribution is -1.99. The smallest absolute Gasteiger partial charge is 0.294 e. The molecule has 0 saturated carbocycles. The fourth-order valence-electron chi connectivity index (χ4n) is 0.473. The summed E-state index contributed by atoms with van der Waals surface area (Å²) in [5.41, 5.74) is 9.90. The van der Waals surface area contributed by atoms with Crippen LogP contribution in [0.15, 0.2) is 35.5 Å². The molecule has 0 bridgehead atoms. The summed E-state index contributed by atoms with van der Waals surface area (Å²) in [5, 5.41) is 0. The van der Waals surface area contributed by atoms with Gasteiger partial charge >= 0.3 is 0 Å². The normalized spacial score (nSPS) is 14.6. The van der Waals surface area contributed by atoms with Crippen molar-refractivity contribution in [1.82, 2.24) is 0 Å². The molecule has 12 heavy (non-hydrogen) atoms. The van der Waals surface area contributed by atoms with Crippen LogP contribution in [0.3, 0.4) is 0 Å². The summed E-state index contributed by atoms with van der Waals surface area (Å²) >= 11 is 0. The predicted octanol–water partition coefficient (Wildman–Crippen LogP) is -0.297. The molecule has 5 nitrogen and oxygen atoms in total. The molecule has 0 amide bonds. The Morgan fingerprint density at radius 1 is 1.25 bits per heavy atom. The Morgan fingerprint density at radius 2 is 1.83 bits per heavy atom. The van der Waals surface area contributed by atoms with Gasteiger partial charge in [-0.05, 0) is 30.6 Å². The van der Waals surface area contributed by atoms with Crippen molar-refractivity contribution < 1.29 is 13.0 Å². The molecule has 0 aliphatic carbocycles. The highest BCUT2D eigenvalue weighted by Crippen LogP contribution is 2.04. The van der Waals surface area contributed by atoms with E-state index in [9.17, 15) is 8.42 Å². The largest absolute Gasteiger partial charge is 0.405 e. The van der Waals surface area contributed by atoms with Crippen molar-refractivity contribution in [1.29, 1.82) is 0 Å². The molecule has 0 aromatic carbocycles. The summed E-state index contributed by atoms with van der Waals surface area (Å²) in [6.45, 7) is 0. The van der Waals surface area contributed by atoms with Gasteiger partial charge in [0.1, 0.15) is 0 Å². The third kappa shape index (κ3) is 3.79. The van der Waals surface area contributed by atoms with E-state index in [0.29, 0.717) is 0 Å². The van der Waals surface area contributed by atoms with Gasteiger partial charge < -0.3 is 11.5 Å². The maximum Gasteiger partial charge on any atom is 0.294 e. The van der Waals surface area contributed by atoms with Gasteiger partial charge in [-0.1, -0.05) is 0 Å². The monoisotopic (exact) mass is 190 g/mol. The molecule has 68 valence electrons. The van der Waals surface area contributed by atoms with E-state index in [1.165, 1.54) is 6.08 Å². The standard InChI is InChI=1S/C6H10N2O3S/c7-4-1-2-6(3-5-8)12(9,10)11/h1-5H,7-8H2,(H,9,10,11)/b4-1+,5-3+,6-2+. The SMILES string of the molecule is N/C=C/C=C(\C=C\N)S(=O)(=O)O. The summed E-state index contributed by atoms with van der Waals surface area (Å²) in [6, 6.07) is 0. The summed E-state index contributed by atoms with van der Waals surface area (Å²) in [4.78, 5) is -0.313. The fraction of sp³-hybridized carbons (Fsp3) is 0. The van der Waals surface area contributed by atoms with Gasteiger partial charge in [-0.25, -0.2) is 0 Å². The highest BCUT2D eigenvalue weighted by atomic mass is 32.2. The average Bonchev–Trinajstić information content (AvgIpc) is 1.95. The molecule has 0 saturated heterocycles. The van der Waals surface area contributed by atoms with Gasteiger partial charge in [0.25, 0.3) is 10.1 Å². The number of hydrogen-bond acceptors (Lipinski definition) is 4. The van der Waals surface area contributed by atoms with E-state index in [1.54, 1.807) is 0 Å². The lowest BCUT2D eigenvalue weighted by atomic mass is 10.4. The van der Waals surface area contributed by atoms with Crippen molar-refractivity contribution in [3.63, 3.8) is 0 Å². The van der Waals surface area contributed by atoms with Gasteiger partial charge in [-0.3, -0.25) is 4.55 Å². The Bertz CT molecular complexity index is 314. The first-order valence-electron chi connectivity index (χ1n) is 2.96. The van der Waals surface area contributed by atoms with Gasteiger partial charge in [-0.15, -0.1) is 0 Å². The van der Waals surface area contributed by atoms with E-state index < -0.39 is 10.1 Å². The lowest BCUT2D eigenvalue weighted by Gasteiger charge is -1.93. The molecule has 0 fully saturated rings. The van der Waals surface area contributed by atoms with Crippen LogP contribution in [-0.2, 0) is 10.1 Å². The van der Waals surface area contributed by atoms with Crippen LogP contribution in [0.5, 0.6) is 0 Å². The minimum absolute atomic E-state index is 0.313. The van der Waals surface area contributed by atoms with Crippen molar-refractivity contribution in [3.8, 4) is 0 Å². The second kappa shape index (κ2) is 4.58. The quantitative estimate of drug-likeness (QED) is 0.418.